The average Bonchev–Trinajstić information content (AvgIpc) is 2.68. The minimum atomic E-state index is -0.195. The lowest BCUT2D eigenvalue weighted by Gasteiger charge is -2.10. The third kappa shape index (κ3) is 4.25. The molecule has 1 rings (SSSR count). The number of cyclic esters (lactones) is 1. The van der Waals surface area contributed by atoms with Gasteiger partial charge in [-0.25, -0.2) is 4.79 Å². The molecule has 1 aliphatic heterocycles. The number of amides is 1. The third-order valence-corrected chi connectivity index (χ3v) is 2.94. The van der Waals surface area contributed by atoms with Crippen molar-refractivity contribution >= 4 is 6.09 Å². The molecule has 16 heavy (non-hydrogen) atoms. The number of rotatable bonds is 7. The Balaban J connectivity index is 2.34. The van der Waals surface area contributed by atoms with Gasteiger partial charge in [-0.1, -0.05) is 38.7 Å². The molecule has 3 heteroatoms. The molecule has 92 valence electrons. The van der Waals surface area contributed by atoms with E-state index in [-0.39, 0.29) is 6.09 Å². The first-order chi connectivity index (χ1) is 7.77. The quantitative estimate of drug-likeness (QED) is 0.618. The number of allylic oxidation sites excluding steroid dienone is 1. The molecular weight excluding hydrogens is 202 g/mol. The Hall–Kier alpha value is -0.990. The summed E-state index contributed by atoms with van der Waals surface area (Å²) in [5, 5.41) is 0. The van der Waals surface area contributed by atoms with E-state index in [2.05, 4.69) is 13.8 Å². The van der Waals surface area contributed by atoms with Gasteiger partial charge in [-0.15, -0.1) is 0 Å². The molecule has 0 atom stereocenters. The highest BCUT2D eigenvalue weighted by Gasteiger charge is 2.19. The fraction of sp³-hybridized carbons (Fsp3) is 0.769. The van der Waals surface area contributed by atoms with Crippen LogP contribution < -0.4 is 0 Å². The third-order valence-electron chi connectivity index (χ3n) is 2.94. The SMILES string of the molecule is CCCCCC/C(=C\N1CCOC1=O)CC. The zero-order valence-corrected chi connectivity index (χ0v) is 10.5. The molecule has 0 bridgehead atoms. The number of hydrogen-bond donors (Lipinski definition) is 0. The van der Waals surface area contributed by atoms with Crippen molar-refractivity contribution in [1.29, 1.82) is 0 Å². The monoisotopic (exact) mass is 225 g/mol. The fourth-order valence-electron chi connectivity index (χ4n) is 1.85. The Labute approximate surface area is 98.5 Å². The Morgan fingerprint density at radius 1 is 1.38 bits per heavy atom. The van der Waals surface area contributed by atoms with E-state index in [0.29, 0.717) is 13.2 Å². The van der Waals surface area contributed by atoms with Crippen LogP contribution in [0, 0.1) is 0 Å². The fourth-order valence-corrected chi connectivity index (χ4v) is 1.85. The summed E-state index contributed by atoms with van der Waals surface area (Å²) in [6.07, 6.45) is 9.03. The number of carbonyl (C=O) groups is 1. The van der Waals surface area contributed by atoms with Gasteiger partial charge >= 0.3 is 6.09 Å². The van der Waals surface area contributed by atoms with Crippen molar-refractivity contribution in [3.63, 3.8) is 0 Å². The molecule has 0 unspecified atom stereocenters. The van der Waals surface area contributed by atoms with Crippen molar-refractivity contribution in [2.45, 2.75) is 52.4 Å². The highest BCUT2D eigenvalue weighted by atomic mass is 16.6. The molecule has 0 aromatic carbocycles. The van der Waals surface area contributed by atoms with Crippen LogP contribution in [0.5, 0.6) is 0 Å². The van der Waals surface area contributed by atoms with Crippen molar-refractivity contribution in [3.8, 4) is 0 Å². The predicted molar refractivity (Wildman–Crippen MR) is 65.2 cm³/mol. The van der Waals surface area contributed by atoms with Crippen LogP contribution in [0.3, 0.4) is 0 Å². The Kier molecular flexibility index (Phi) is 5.98. The zero-order valence-electron chi connectivity index (χ0n) is 10.5. The Morgan fingerprint density at radius 2 is 2.19 bits per heavy atom. The van der Waals surface area contributed by atoms with E-state index in [9.17, 15) is 4.79 Å². The molecule has 0 aromatic rings. The molecule has 1 amide bonds. The highest BCUT2D eigenvalue weighted by Crippen LogP contribution is 2.16. The van der Waals surface area contributed by atoms with Crippen LogP contribution in [0.2, 0.25) is 0 Å². The largest absolute Gasteiger partial charge is 0.447 e. The van der Waals surface area contributed by atoms with Gasteiger partial charge < -0.3 is 4.74 Å². The molecule has 1 fully saturated rings. The summed E-state index contributed by atoms with van der Waals surface area (Å²) in [4.78, 5) is 13.0. The van der Waals surface area contributed by atoms with Gasteiger partial charge in [-0.2, -0.15) is 0 Å². The van der Waals surface area contributed by atoms with E-state index in [0.717, 1.165) is 12.8 Å². The van der Waals surface area contributed by atoms with Crippen molar-refractivity contribution in [2.24, 2.45) is 0 Å². The van der Waals surface area contributed by atoms with E-state index >= 15 is 0 Å². The molecule has 0 aliphatic carbocycles. The second-order valence-electron chi connectivity index (χ2n) is 4.26. The maximum atomic E-state index is 11.3. The lowest BCUT2D eigenvalue weighted by Crippen LogP contribution is -2.17. The Bertz CT molecular complexity index is 248. The number of nitrogens with zero attached hydrogens (tertiary/aromatic N) is 1. The van der Waals surface area contributed by atoms with Gasteiger partial charge in [0.25, 0.3) is 0 Å². The van der Waals surface area contributed by atoms with Crippen molar-refractivity contribution in [2.75, 3.05) is 13.2 Å². The summed E-state index contributed by atoms with van der Waals surface area (Å²) >= 11 is 0. The molecule has 3 nitrogen and oxygen atoms in total. The second kappa shape index (κ2) is 7.31. The van der Waals surface area contributed by atoms with Gasteiger partial charge in [0.05, 0.1) is 6.54 Å². The zero-order chi connectivity index (χ0) is 11.8. The summed E-state index contributed by atoms with van der Waals surface area (Å²) in [6.45, 7) is 5.60. The number of hydrogen-bond acceptors (Lipinski definition) is 2. The maximum absolute atomic E-state index is 11.3. The molecule has 0 N–H and O–H groups in total. The first-order valence-electron chi connectivity index (χ1n) is 6.40. The summed E-state index contributed by atoms with van der Waals surface area (Å²) in [7, 11) is 0. The van der Waals surface area contributed by atoms with Crippen LogP contribution in [0.25, 0.3) is 0 Å². The van der Waals surface area contributed by atoms with Gasteiger partial charge in [0.15, 0.2) is 0 Å². The number of carbonyl (C=O) groups excluding carboxylic acids is 1. The van der Waals surface area contributed by atoms with Crippen LogP contribution in [-0.2, 0) is 4.74 Å². The van der Waals surface area contributed by atoms with Crippen LogP contribution >= 0.6 is 0 Å². The minimum Gasteiger partial charge on any atom is -0.447 e. The minimum absolute atomic E-state index is 0.195. The molecular formula is C13H23NO2. The van der Waals surface area contributed by atoms with Gasteiger partial charge in [0.2, 0.25) is 0 Å². The Morgan fingerprint density at radius 3 is 2.75 bits per heavy atom. The lowest BCUT2D eigenvalue weighted by molar-refractivity contribution is 0.166. The molecule has 0 aromatic heterocycles. The van der Waals surface area contributed by atoms with Crippen molar-refractivity contribution in [1.82, 2.24) is 4.90 Å². The maximum Gasteiger partial charge on any atom is 0.413 e. The van der Waals surface area contributed by atoms with Gasteiger partial charge in [-0.3, -0.25) is 4.90 Å². The highest BCUT2D eigenvalue weighted by molar-refractivity contribution is 5.70. The van der Waals surface area contributed by atoms with Crippen molar-refractivity contribution < 1.29 is 9.53 Å². The molecule has 0 spiro atoms. The first-order valence-corrected chi connectivity index (χ1v) is 6.40. The summed E-state index contributed by atoms with van der Waals surface area (Å²) in [5.41, 5.74) is 1.36. The second-order valence-corrected chi connectivity index (χ2v) is 4.26. The lowest BCUT2D eigenvalue weighted by atomic mass is 10.1. The van der Waals surface area contributed by atoms with E-state index < -0.39 is 0 Å². The summed E-state index contributed by atoms with van der Waals surface area (Å²) in [6, 6.07) is 0. The van der Waals surface area contributed by atoms with Gasteiger partial charge in [-0.05, 0) is 19.3 Å². The van der Waals surface area contributed by atoms with Gasteiger partial charge in [0.1, 0.15) is 6.61 Å². The first kappa shape index (κ1) is 13.1. The topological polar surface area (TPSA) is 29.5 Å². The number of ether oxygens (including phenoxy) is 1. The van der Waals surface area contributed by atoms with Gasteiger partial charge in [0, 0.05) is 6.20 Å². The van der Waals surface area contributed by atoms with Crippen LogP contribution in [0.1, 0.15) is 52.4 Å². The van der Waals surface area contributed by atoms with E-state index in [1.807, 2.05) is 6.20 Å². The molecule has 1 saturated heterocycles. The molecule has 0 radical (unpaired) electrons. The normalized spacial score (nSPS) is 16.8. The summed E-state index contributed by atoms with van der Waals surface area (Å²) in [5.74, 6) is 0. The van der Waals surface area contributed by atoms with E-state index in [1.165, 1.54) is 31.3 Å². The van der Waals surface area contributed by atoms with Crippen molar-refractivity contribution in [3.05, 3.63) is 11.8 Å². The standard InChI is InChI=1S/C13H23NO2/c1-3-5-6-7-8-12(4-2)11-14-9-10-16-13(14)15/h11H,3-10H2,1-2H3/b12-11-. The molecule has 0 saturated carbocycles. The molecule has 1 heterocycles. The van der Waals surface area contributed by atoms with E-state index in [4.69, 9.17) is 4.74 Å². The molecule has 1 aliphatic rings. The number of unbranched alkanes of at least 4 members (excludes halogenated alkanes) is 3. The average molecular weight is 225 g/mol. The van der Waals surface area contributed by atoms with Crippen LogP contribution in [0.4, 0.5) is 4.79 Å². The van der Waals surface area contributed by atoms with E-state index in [1.54, 1.807) is 4.90 Å². The summed E-state index contributed by atoms with van der Waals surface area (Å²) < 4.78 is 4.90. The smallest absolute Gasteiger partial charge is 0.413 e. The van der Waals surface area contributed by atoms with Crippen LogP contribution in [-0.4, -0.2) is 24.1 Å². The predicted octanol–water partition coefficient (Wildman–Crippen LogP) is 3.70. The van der Waals surface area contributed by atoms with Crippen LogP contribution in [0.15, 0.2) is 11.8 Å².